The van der Waals surface area contributed by atoms with E-state index < -0.39 is 54.3 Å². The largest absolute Gasteiger partial charge is 0.493 e. The Balaban J connectivity index is 0.662. The number of anilines is 2. The molecule has 4 aliphatic carbocycles. The van der Waals surface area contributed by atoms with Crippen molar-refractivity contribution in [3.8, 4) is 22.6 Å². The highest BCUT2D eigenvalue weighted by Gasteiger charge is 2.66. The van der Waals surface area contributed by atoms with Crippen LogP contribution < -0.4 is 25.0 Å². The number of nitrogens with zero attached hydrogens (tertiary/aromatic N) is 7. The monoisotopic (exact) mass is 1350 g/mol. The Morgan fingerprint density at radius 2 is 1.60 bits per heavy atom. The summed E-state index contributed by atoms with van der Waals surface area (Å²) in [5, 5.41) is 63.0. The first-order chi connectivity index (χ1) is 46.4. The number of ether oxygens (including phenoxy) is 5. The maximum absolute atomic E-state index is 13.8. The summed E-state index contributed by atoms with van der Waals surface area (Å²) < 4.78 is 33.1. The number of thiazole rings is 1. The summed E-state index contributed by atoms with van der Waals surface area (Å²) in [5.41, 5.74) is 4.72. The minimum absolute atomic E-state index is 0.0229. The SMILES string of the molecule is Cc1c(-c2ccc(N3CCc4cccc(C(=O)Nc5nc6ccccc6s5)c4C3)nc2C(=O)O)cnn1CC12CC3(C)CC(C)(C1)CC(OCCN(C)C(=O)OCc1ccc(O[C@@H]4O[C@H](C(=O)O)[C@H](O)[C@H](O)[C@@H]4O)cc1OCCCNC(=O)CCCCCN1C(=O)C=CC1=O)(C3)C2. The first kappa shape index (κ1) is 68.1. The van der Waals surface area contributed by atoms with Crippen molar-refractivity contribution in [3.05, 3.63) is 125 Å². The molecular weight excluding hydrogens is 1270 g/mol. The number of hydrogen-bond donors (Lipinski definition) is 7. The number of para-hydroxylation sites is 1. The number of benzene rings is 3. The Bertz CT molecular complexity index is 3990. The third kappa shape index (κ3) is 14.9. The predicted molar refractivity (Wildman–Crippen MR) is 353 cm³/mol. The van der Waals surface area contributed by atoms with Crippen LogP contribution in [0, 0.1) is 23.2 Å². The number of likely N-dealkylation sites (N-methyl/N-ethyl adjacent to an activating group) is 1. The Labute approximate surface area is 563 Å². The zero-order valence-corrected chi connectivity index (χ0v) is 55.4. The number of aliphatic hydroxyl groups excluding tert-OH is 3. The minimum atomic E-state index is -1.93. The number of hydrogen-bond acceptors (Lipinski definition) is 20. The highest BCUT2D eigenvalue weighted by atomic mass is 32.1. The number of nitrogens with one attached hydrogen (secondary N) is 2. The summed E-state index contributed by atoms with van der Waals surface area (Å²) in [6.45, 7) is 8.96. The van der Waals surface area contributed by atoms with E-state index in [9.17, 15) is 59.1 Å². The van der Waals surface area contributed by atoms with E-state index in [-0.39, 0.29) is 103 Å². The van der Waals surface area contributed by atoms with E-state index in [0.717, 1.165) is 70.5 Å². The molecule has 27 heteroatoms. The van der Waals surface area contributed by atoms with Crippen LogP contribution in [-0.4, -0.2) is 179 Å². The van der Waals surface area contributed by atoms with Crippen molar-refractivity contribution in [1.82, 2.24) is 34.9 Å². The fourth-order valence-corrected chi connectivity index (χ4v) is 17.1. The van der Waals surface area contributed by atoms with Crippen LogP contribution in [0.4, 0.5) is 15.7 Å². The first-order valence-corrected chi connectivity index (χ1v) is 33.7. The van der Waals surface area contributed by atoms with Gasteiger partial charge in [-0.25, -0.2) is 24.4 Å². The standard InChI is InChI=1S/C70H81N9O17S/c1-41-47(45-19-20-52(74-56(45)62(87)88)77-26-23-42-12-10-13-46(48(42)32-77)61(86)75-65-73-49-14-7-8-15-51(49)97-65)31-72-79(41)40-69-35-67(2)34-68(3,36-69)38-70(37-67,39-69)94-29-27-76(4)66(91)93-33-43-17-18-44(95-64-59(85)57(83)58(84)60(96-64)63(89)90)30-50(43)92-28-11-24-71-53(80)16-6-5-9-25-78-54(81)21-22-55(78)82/h7-8,10,12-15,17-22,30-31,57-60,64,83-85H,5-6,9,11,16,23-29,32-40H2,1-4H3,(H,71,80)(H,87,88)(H,89,90)(H,73,75,86)/t57-,58+,59-,60-,64+,67?,68?,69?,70?/m0/s1. The quantitative estimate of drug-likeness (QED) is 0.0195. The van der Waals surface area contributed by atoms with Gasteiger partial charge in [0.15, 0.2) is 16.9 Å². The zero-order chi connectivity index (χ0) is 68.6. The summed E-state index contributed by atoms with van der Waals surface area (Å²) in [4.78, 5) is 103. The van der Waals surface area contributed by atoms with Crippen LogP contribution in [0.2, 0.25) is 0 Å². The van der Waals surface area contributed by atoms with Gasteiger partial charge < -0.3 is 64.3 Å². The van der Waals surface area contributed by atoms with Crippen molar-refractivity contribution >= 4 is 74.2 Å². The number of rotatable bonds is 27. The van der Waals surface area contributed by atoms with Gasteiger partial charge in [-0.2, -0.15) is 5.10 Å². The Morgan fingerprint density at radius 3 is 2.35 bits per heavy atom. The third-order valence-corrected chi connectivity index (χ3v) is 20.6. The number of pyridine rings is 1. The second-order valence-corrected chi connectivity index (χ2v) is 28.6. The van der Waals surface area contributed by atoms with Crippen LogP contribution in [0.3, 0.4) is 0 Å². The van der Waals surface area contributed by atoms with E-state index in [0.29, 0.717) is 84.9 Å². The van der Waals surface area contributed by atoms with E-state index in [1.165, 1.54) is 40.5 Å². The average Bonchev–Trinajstić information content (AvgIpc) is 0.810. The molecule has 2 unspecified atom stereocenters. The summed E-state index contributed by atoms with van der Waals surface area (Å²) in [6, 6.07) is 21.5. The highest BCUT2D eigenvalue weighted by Crippen LogP contribution is 2.72. The second-order valence-electron chi connectivity index (χ2n) is 27.6. The van der Waals surface area contributed by atoms with Gasteiger partial charge >= 0.3 is 18.0 Å². The van der Waals surface area contributed by atoms with Crippen LogP contribution in [0.1, 0.15) is 128 Å². The maximum atomic E-state index is 13.8. The topological polar surface area (TPSA) is 344 Å². The van der Waals surface area contributed by atoms with Gasteiger partial charge in [-0.15, -0.1) is 0 Å². The van der Waals surface area contributed by atoms with Gasteiger partial charge in [0.1, 0.15) is 42.2 Å². The van der Waals surface area contributed by atoms with Crippen LogP contribution in [0.25, 0.3) is 21.3 Å². The Kier molecular flexibility index (Phi) is 19.6. The number of fused-ring (bicyclic) bond motifs is 2. The molecule has 4 bridgehead atoms. The lowest BCUT2D eigenvalue weighted by atomic mass is 9.39. The third-order valence-electron chi connectivity index (χ3n) is 19.7. The van der Waals surface area contributed by atoms with Gasteiger partial charge in [0.2, 0.25) is 12.2 Å². The molecule has 26 nitrogen and oxygen atoms in total. The van der Waals surface area contributed by atoms with Crippen LogP contribution in [0.15, 0.2) is 91.1 Å². The van der Waals surface area contributed by atoms with Gasteiger partial charge in [0, 0.05) is 98.9 Å². The van der Waals surface area contributed by atoms with Gasteiger partial charge in [-0.3, -0.25) is 34.1 Å². The highest BCUT2D eigenvalue weighted by molar-refractivity contribution is 7.22. The fraction of sp³-hybridized carbons (Fsp3) is 0.486. The molecule has 514 valence electrons. The molecule has 0 radical (unpaired) electrons. The lowest BCUT2D eigenvalue weighted by Crippen LogP contribution is -2.64. The van der Waals surface area contributed by atoms with Crippen LogP contribution in [-0.2, 0) is 59.5 Å². The molecule has 1 saturated heterocycles. The number of aliphatic hydroxyl groups is 3. The molecule has 7 N–H and O–H groups in total. The summed E-state index contributed by atoms with van der Waals surface area (Å²) in [5.74, 6) is -3.20. The number of carbonyl (C=O) groups excluding carboxylic acids is 5. The number of carboxylic acid groups (broad SMARTS) is 2. The van der Waals surface area contributed by atoms with Gasteiger partial charge in [-0.05, 0) is 141 Å². The van der Waals surface area contributed by atoms with Crippen molar-refractivity contribution in [2.24, 2.45) is 16.2 Å². The Morgan fingerprint density at radius 1 is 0.825 bits per heavy atom. The van der Waals surface area contributed by atoms with Crippen LogP contribution in [0.5, 0.6) is 11.5 Å². The maximum Gasteiger partial charge on any atom is 0.409 e. The molecular formula is C70H81N9O17S. The molecule has 4 saturated carbocycles. The molecule has 97 heavy (non-hydrogen) atoms. The number of unbranched alkanes of at least 4 members (excludes halogenated alkanes) is 2. The number of aromatic nitrogens is 4. The van der Waals surface area contributed by atoms with Crippen molar-refractivity contribution in [1.29, 1.82) is 0 Å². The van der Waals surface area contributed by atoms with E-state index in [2.05, 4.69) is 29.5 Å². The molecule has 5 fully saturated rings. The van der Waals surface area contributed by atoms with Gasteiger partial charge in [0.05, 0.1) is 35.2 Å². The number of carboxylic acids is 2. The zero-order valence-electron chi connectivity index (χ0n) is 54.6. The molecule has 3 aromatic carbocycles. The van der Waals surface area contributed by atoms with Gasteiger partial charge in [-0.1, -0.05) is 55.9 Å². The molecule has 6 heterocycles. The molecule has 7 aliphatic rings. The normalized spacial score (nSPS) is 25.5. The molecule has 5 amide bonds. The first-order valence-electron chi connectivity index (χ1n) is 32.9. The lowest BCUT2D eigenvalue weighted by Gasteiger charge is -2.69. The number of aromatic carboxylic acids is 1. The van der Waals surface area contributed by atoms with Crippen molar-refractivity contribution in [2.45, 2.75) is 154 Å². The predicted octanol–water partition coefficient (Wildman–Crippen LogP) is 7.42. The fourth-order valence-electron chi connectivity index (χ4n) is 16.3. The molecule has 3 aliphatic heterocycles. The number of aliphatic carboxylic acids is 1. The number of imide groups is 1. The smallest absolute Gasteiger partial charge is 0.409 e. The molecule has 13 rings (SSSR count). The molecule has 6 aromatic rings. The van der Waals surface area contributed by atoms with E-state index in [1.807, 2.05) is 65.0 Å². The summed E-state index contributed by atoms with van der Waals surface area (Å²) >= 11 is 1.41. The van der Waals surface area contributed by atoms with Crippen LogP contribution >= 0.6 is 11.3 Å². The molecule has 7 atom stereocenters. The Hall–Kier alpha value is -8.86. The van der Waals surface area contributed by atoms with E-state index in [1.54, 1.807) is 25.4 Å². The van der Waals surface area contributed by atoms with E-state index >= 15 is 0 Å². The minimum Gasteiger partial charge on any atom is -0.493 e. The summed E-state index contributed by atoms with van der Waals surface area (Å²) in [6.07, 6.45) is 2.71. The summed E-state index contributed by atoms with van der Waals surface area (Å²) in [7, 11) is 1.62. The van der Waals surface area contributed by atoms with Crippen molar-refractivity contribution in [2.75, 3.05) is 56.7 Å². The number of amides is 5. The molecule has 3 aromatic heterocycles. The lowest BCUT2D eigenvalue weighted by molar-refractivity contribution is -0.271. The average molecular weight is 1350 g/mol. The van der Waals surface area contributed by atoms with Crippen molar-refractivity contribution in [3.63, 3.8) is 0 Å². The van der Waals surface area contributed by atoms with E-state index in [4.69, 9.17) is 33.8 Å². The molecule has 0 spiro atoms. The second kappa shape index (κ2) is 27.9. The van der Waals surface area contributed by atoms with Gasteiger partial charge in [0.25, 0.3) is 17.7 Å². The van der Waals surface area contributed by atoms with Crippen molar-refractivity contribution < 1.29 is 82.8 Å². The number of carbonyl (C=O) groups is 7.